The van der Waals surface area contributed by atoms with Gasteiger partial charge < -0.3 is 10.3 Å². The van der Waals surface area contributed by atoms with Gasteiger partial charge in [0.2, 0.25) is 0 Å². The van der Waals surface area contributed by atoms with Crippen molar-refractivity contribution in [2.24, 2.45) is 5.73 Å². The summed E-state index contributed by atoms with van der Waals surface area (Å²) in [6.45, 7) is 3.21. The van der Waals surface area contributed by atoms with Gasteiger partial charge in [0.15, 0.2) is 5.82 Å². The van der Waals surface area contributed by atoms with Crippen LogP contribution in [-0.2, 0) is 5.54 Å². The first-order valence-corrected chi connectivity index (χ1v) is 3.32. The van der Waals surface area contributed by atoms with Crippen LogP contribution >= 0.6 is 0 Å². The highest BCUT2D eigenvalue weighted by Crippen LogP contribution is 2.19. The Hall–Kier alpha value is -1.04. The van der Waals surface area contributed by atoms with Crippen molar-refractivity contribution in [1.82, 2.24) is 10.1 Å². The lowest BCUT2D eigenvalue weighted by molar-refractivity contribution is 0.106. The van der Waals surface area contributed by atoms with Crippen molar-refractivity contribution >= 4 is 0 Å². The van der Waals surface area contributed by atoms with Crippen LogP contribution in [-0.4, -0.2) is 10.1 Å². The predicted octanol–water partition coefficient (Wildman–Crippen LogP) is 1.20. The van der Waals surface area contributed by atoms with Crippen molar-refractivity contribution < 1.29 is 13.3 Å². The second-order valence-corrected chi connectivity index (χ2v) is 2.98. The fourth-order valence-electron chi connectivity index (χ4n) is 0.586. The van der Waals surface area contributed by atoms with Crippen LogP contribution in [0.15, 0.2) is 4.52 Å². The van der Waals surface area contributed by atoms with Crippen molar-refractivity contribution in [2.45, 2.75) is 25.8 Å². The first-order valence-electron chi connectivity index (χ1n) is 3.32. The molecule has 1 heterocycles. The Kier molecular flexibility index (Phi) is 2.10. The van der Waals surface area contributed by atoms with Crippen LogP contribution in [0.3, 0.4) is 0 Å². The molecule has 0 aliphatic rings. The first kappa shape index (κ1) is 9.05. The molecule has 0 aliphatic heterocycles. The lowest BCUT2D eigenvalue weighted by Gasteiger charge is -2.11. The summed E-state index contributed by atoms with van der Waals surface area (Å²) in [4.78, 5) is 3.43. The van der Waals surface area contributed by atoms with Crippen molar-refractivity contribution in [3.8, 4) is 0 Å². The zero-order valence-corrected chi connectivity index (χ0v) is 6.71. The van der Waals surface area contributed by atoms with E-state index in [4.69, 9.17) is 5.73 Å². The number of aromatic nitrogens is 2. The normalized spacial score (nSPS) is 12.5. The lowest BCUT2D eigenvalue weighted by atomic mass is 10.1. The molecular formula is C6H9F2N3O. The largest absolute Gasteiger partial charge is 0.333 e. The van der Waals surface area contributed by atoms with Crippen molar-refractivity contribution in [2.75, 3.05) is 0 Å². The van der Waals surface area contributed by atoms with E-state index >= 15 is 0 Å². The molecule has 1 aromatic rings. The summed E-state index contributed by atoms with van der Waals surface area (Å²) >= 11 is 0. The molecule has 0 unspecified atom stereocenters. The number of alkyl halides is 2. The Balaban J connectivity index is 2.92. The van der Waals surface area contributed by atoms with E-state index in [1.807, 2.05) is 0 Å². The summed E-state index contributed by atoms with van der Waals surface area (Å²) in [7, 11) is 0. The highest BCUT2D eigenvalue weighted by Gasteiger charge is 2.24. The van der Waals surface area contributed by atoms with Crippen LogP contribution in [0, 0.1) is 0 Å². The molecule has 1 aromatic heterocycles. The third kappa shape index (κ3) is 1.76. The minimum absolute atomic E-state index is 0.0813. The van der Waals surface area contributed by atoms with Gasteiger partial charge >= 0.3 is 6.43 Å². The Morgan fingerprint density at radius 3 is 2.33 bits per heavy atom. The van der Waals surface area contributed by atoms with Crippen molar-refractivity contribution in [3.63, 3.8) is 0 Å². The molecule has 6 heteroatoms. The van der Waals surface area contributed by atoms with Crippen LogP contribution in [0.1, 0.15) is 32.0 Å². The third-order valence-corrected chi connectivity index (χ3v) is 1.20. The number of rotatable bonds is 2. The van der Waals surface area contributed by atoms with Crippen LogP contribution < -0.4 is 5.73 Å². The number of hydrogen-bond acceptors (Lipinski definition) is 4. The van der Waals surface area contributed by atoms with Crippen LogP contribution in [0.4, 0.5) is 8.78 Å². The number of nitrogens with zero attached hydrogens (tertiary/aromatic N) is 2. The quantitative estimate of drug-likeness (QED) is 0.737. The molecule has 2 N–H and O–H groups in total. The van der Waals surface area contributed by atoms with Gasteiger partial charge in [-0.1, -0.05) is 5.16 Å². The number of hydrogen-bond donors (Lipinski definition) is 1. The van der Waals surface area contributed by atoms with E-state index < -0.39 is 17.9 Å². The molecule has 68 valence electrons. The minimum atomic E-state index is -2.74. The highest BCUT2D eigenvalue weighted by molar-refractivity contribution is 4.99. The van der Waals surface area contributed by atoms with Crippen molar-refractivity contribution in [3.05, 3.63) is 11.7 Å². The zero-order chi connectivity index (χ0) is 9.35. The molecule has 0 amide bonds. The average molecular weight is 177 g/mol. The van der Waals surface area contributed by atoms with E-state index in [1.165, 1.54) is 0 Å². The molecule has 12 heavy (non-hydrogen) atoms. The SMILES string of the molecule is CC(C)(N)c1noc(C(F)F)n1. The van der Waals surface area contributed by atoms with E-state index in [0.29, 0.717) is 0 Å². The second-order valence-electron chi connectivity index (χ2n) is 2.98. The van der Waals surface area contributed by atoms with Crippen molar-refractivity contribution in [1.29, 1.82) is 0 Å². The van der Waals surface area contributed by atoms with Gasteiger partial charge in [0, 0.05) is 0 Å². The molecule has 0 fully saturated rings. The molecule has 0 atom stereocenters. The van der Waals surface area contributed by atoms with Crippen LogP contribution in [0.25, 0.3) is 0 Å². The summed E-state index contributed by atoms with van der Waals surface area (Å²) in [5.74, 6) is -0.610. The zero-order valence-electron chi connectivity index (χ0n) is 6.71. The molecule has 0 aliphatic carbocycles. The van der Waals surface area contributed by atoms with Gasteiger partial charge in [0.1, 0.15) is 0 Å². The molecule has 0 saturated heterocycles. The molecule has 0 bridgehead atoms. The predicted molar refractivity (Wildman–Crippen MR) is 36.5 cm³/mol. The fourth-order valence-corrected chi connectivity index (χ4v) is 0.586. The standard InChI is InChI=1S/C6H9F2N3O/c1-6(2,9)5-10-4(3(7)8)12-11-5/h3H,9H2,1-2H3. The van der Waals surface area contributed by atoms with Crippen LogP contribution in [0.2, 0.25) is 0 Å². The Bertz CT molecular complexity index is 266. The minimum Gasteiger partial charge on any atom is -0.333 e. The van der Waals surface area contributed by atoms with Gasteiger partial charge in [-0.3, -0.25) is 0 Å². The molecule has 0 saturated carbocycles. The molecule has 0 spiro atoms. The van der Waals surface area contributed by atoms with Gasteiger partial charge in [0.05, 0.1) is 5.54 Å². The van der Waals surface area contributed by atoms with Gasteiger partial charge in [-0.2, -0.15) is 13.8 Å². The second kappa shape index (κ2) is 2.78. The van der Waals surface area contributed by atoms with Crippen LogP contribution in [0.5, 0.6) is 0 Å². The smallest absolute Gasteiger partial charge is 0.315 e. The van der Waals surface area contributed by atoms with E-state index in [0.717, 1.165) is 0 Å². The monoisotopic (exact) mass is 177 g/mol. The van der Waals surface area contributed by atoms with E-state index in [2.05, 4.69) is 14.7 Å². The molecule has 1 rings (SSSR count). The third-order valence-electron chi connectivity index (χ3n) is 1.20. The summed E-state index contributed by atoms with van der Waals surface area (Å²) < 4.78 is 28.1. The van der Waals surface area contributed by atoms with Gasteiger partial charge in [-0.25, -0.2) is 0 Å². The molecule has 4 nitrogen and oxygen atoms in total. The van der Waals surface area contributed by atoms with E-state index in [9.17, 15) is 8.78 Å². The summed E-state index contributed by atoms with van der Waals surface area (Å²) in [5.41, 5.74) is 4.69. The average Bonchev–Trinajstić information content (AvgIpc) is 2.30. The molecule has 0 radical (unpaired) electrons. The number of nitrogens with two attached hydrogens (primary N) is 1. The maximum atomic E-state index is 11.9. The summed E-state index contributed by atoms with van der Waals surface area (Å²) in [5, 5.41) is 3.32. The fraction of sp³-hybridized carbons (Fsp3) is 0.667. The molecule has 0 aromatic carbocycles. The van der Waals surface area contributed by atoms with E-state index in [-0.39, 0.29) is 5.82 Å². The topological polar surface area (TPSA) is 64.9 Å². The summed E-state index contributed by atoms with van der Waals surface area (Å²) in [6, 6.07) is 0. The van der Waals surface area contributed by atoms with Gasteiger partial charge in [0.25, 0.3) is 5.89 Å². The Morgan fingerprint density at radius 1 is 1.50 bits per heavy atom. The Morgan fingerprint density at radius 2 is 2.08 bits per heavy atom. The summed E-state index contributed by atoms with van der Waals surface area (Å²) in [6.07, 6.45) is -2.74. The van der Waals surface area contributed by atoms with Gasteiger partial charge in [-0.15, -0.1) is 0 Å². The highest BCUT2D eigenvalue weighted by atomic mass is 19.3. The molecular weight excluding hydrogens is 168 g/mol. The maximum Gasteiger partial charge on any atom is 0.315 e. The Labute approximate surface area is 67.7 Å². The van der Waals surface area contributed by atoms with Gasteiger partial charge in [-0.05, 0) is 13.8 Å². The maximum absolute atomic E-state index is 11.9. The number of halogens is 2. The first-order chi connectivity index (χ1) is 5.41. The van der Waals surface area contributed by atoms with E-state index in [1.54, 1.807) is 13.8 Å². The lowest BCUT2D eigenvalue weighted by Crippen LogP contribution is -2.30.